The summed E-state index contributed by atoms with van der Waals surface area (Å²) in [6.45, 7) is 1.80. The molecule has 0 saturated heterocycles. The second kappa shape index (κ2) is 8.62. The molecule has 0 spiro atoms. The Balaban J connectivity index is 1.58. The number of fused-ring (bicyclic) bond motifs is 1. The Morgan fingerprint density at radius 2 is 1.68 bits per heavy atom. The number of carbonyl (C=O) groups is 2. The third kappa shape index (κ3) is 4.51. The summed E-state index contributed by atoms with van der Waals surface area (Å²) >= 11 is 0. The maximum absolute atomic E-state index is 12.9. The molecule has 0 fully saturated rings. The molecule has 2 N–H and O–H groups in total. The standard InChI is InChI=1S/C24H20N4O3/c1-16-9-11-17(12-10-16)21-14-19(18-6-2-3-7-20(18)25-21)24(31)27-26-22(29)15-28-13-5-4-8-23(28)30/h2-14H,15H2,1H3,(H,26,29)(H,27,31). The third-order valence-electron chi connectivity index (χ3n) is 4.84. The van der Waals surface area contributed by atoms with Crippen LogP contribution in [-0.2, 0) is 11.3 Å². The first-order valence-corrected chi connectivity index (χ1v) is 9.73. The van der Waals surface area contributed by atoms with Crippen LogP contribution in [0.15, 0.2) is 83.8 Å². The number of carbonyl (C=O) groups excluding carboxylic acids is 2. The average Bonchev–Trinajstić information content (AvgIpc) is 2.79. The van der Waals surface area contributed by atoms with Crippen LogP contribution in [0.1, 0.15) is 15.9 Å². The Labute approximate surface area is 178 Å². The van der Waals surface area contributed by atoms with Gasteiger partial charge in [0.15, 0.2) is 0 Å². The number of pyridine rings is 2. The van der Waals surface area contributed by atoms with Gasteiger partial charge in [-0.2, -0.15) is 0 Å². The highest BCUT2D eigenvalue weighted by atomic mass is 16.2. The first-order valence-electron chi connectivity index (χ1n) is 9.73. The Bertz CT molecular complexity index is 1330. The van der Waals surface area contributed by atoms with E-state index in [9.17, 15) is 14.4 Å². The van der Waals surface area contributed by atoms with Gasteiger partial charge in [0.2, 0.25) is 0 Å². The summed E-state index contributed by atoms with van der Waals surface area (Å²) in [6.07, 6.45) is 1.51. The van der Waals surface area contributed by atoms with Crippen LogP contribution in [0.4, 0.5) is 0 Å². The number of hydrogen-bond acceptors (Lipinski definition) is 4. The minimum atomic E-state index is -0.515. The first-order chi connectivity index (χ1) is 15.0. The molecular formula is C24H20N4O3. The minimum Gasteiger partial charge on any atom is -0.306 e. The van der Waals surface area contributed by atoms with E-state index in [1.54, 1.807) is 18.2 Å². The fourth-order valence-corrected chi connectivity index (χ4v) is 3.21. The highest BCUT2D eigenvalue weighted by Gasteiger charge is 2.15. The van der Waals surface area contributed by atoms with Crippen LogP contribution in [0, 0.1) is 6.92 Å². The van der Waals surface area contributed by atoms with Crippen LogP contribution in [0.5, 0.6) is 0 Å². The quantitative estimate of drug-likeness (QED) is 0.504. The minimum absolute atomic E-state index is 0.203. The van der Waals surface area contributed by atoms with E-state index < -0.39 is 11.8 Å². The van der Waals surface area contributed by atoms with Gasteiger partial charge in [0.05, 0.1) is 16.8 Å². The Morgan fingerprint density at radius 3 is 2.45 bits per heavy atom. The zero-order chi connectivity index (χ0) is 21.8. The van der Waals surface area contributed by atoms with Gasteiger partial charge in [0.1, 0.15) is 6.54 Å². The molecule has 7 nitrogen and oxygen atoms in total. The van der Waals surface area contributed by atoms with Gasteiger partial charge in [-0.15, -0.1) is 0 Å². The summed E-state index contributed by atoms with van der Waals surface area (Å²) < 4.78 is 1.25. The van der Waals surface area contributed by atoms with Crippen molar-refractivity contribution in [2.75, 3.05) is 0 Å². The van der Waals surface area contributed by atoms with Crippen molar-refractivity contribution in [1.29, 1.82) is 0 Å². The number of nitrogens with zero attached hydrogens (tertiary/aromatic N) is 2. The summed E-state index contributed by atoms with van der Waals surface area (Å²) in [7, 11) is 0. The molecular weight excluding hydrogens is 392 g/mol. The molecule has 0 radical (unpaired) electrons. The monoisotopic (exact) mass is 412 g/mol. The van der Waals surface area contributed by atoms with Crippen molar-refractivity contribution < 1.29 is 9.59 Å². The summed E-state index contributed by atoms with van der Waals surface area (Å²) in [5, 5.41) is 0.671. The molecule has 0 bridgehead atoms. The van der Waals surface area contributed by atoms with Gasteiger partial charge in [-0.3, -0.25) is 25.2 Å². The van der Waals surface area contributed by atoms with E-state index in [4.69, 9.17) is 0 Å². The Hall–Kier alpha value is -4.26. The number of benzene rings is 2. The molecule has 2 aromatic heterocycles. The van der Waals surface area contributed by atoms with Crippen LogP contribution in [0.3, 0.4) is 0 Å². The third-order valence-corrected chi connectivity index (χ3v) is 4.84. The van der Waals surface area contributed by atoms with Crippen molar-refractivity contribution in [3.05, 3.63) is 100 Å². The second-order valence-corrected chi connectivity index (χ2v) is 7.11. The number of aryl methyl sites for hydroxylation is 1. The molecule has 7 heteroatoms. The van der Waals surface area contributed by atoms with Crippen molar-refractivity contribution in [1.82, 2.24) is 20.4 Å². The zero-order valence-electron chi connectivity index (χ0n) is 16.8. The molecule has 0 aliphatic carbocycles. The predicted octanol–water partition coefficient (Wildman–Crippen LogP) is 2.83. The van der Waals surface area contributed by atoms with Gasteiger partial charge in [-0.1, -0.05) is 54.1 Å². The van der Waals surface area contributed by atoms with Crippen molar-refractivity contribution in [3.63, 3.8) is 0 Å². The van der Waals surface area contributed by atoms with E-state index in [-0.39, 0.29) is 12.1 Å². The van der Waals surface area contributed by atoms with E-state index in [2.05, 4.69) is 15.8 Å². The molecule has 0 saturated carbocycles. The van der Waals surface area contributed by atoms with Gasteiger partial charge >= 0.3 is 0 Å². The highest BCUT2D eigenvalue weighted by molar-refractivity contribution is 6.07. The van der Waals surface area contributed by atoms with Crippen molar-refractivity contribution in [3.8, 4) is 11.3 Å². The molecule has 0 atom stereocenters. The Kier molecular flexibility index (Phi) is 5.57. The number of hydrogen-bond donors (Lipinski definition) is 2. The lowest BCUT2D eigenvalue weighted by Crippen LogP contribution is -2.44. The van der Waals surface area contributed by atoms with E-state index in [1.807, 2.05) is 55.5 Å². The van der Waals surface area contributed by atoms with E-state index in [1.165, 1.54) is 16.8 Å². The van der Waals surface area contributed by atoms with Crippen LogP contribution in [0.25, 0.3) is 22.2 Å². The lowest BCUT2D eigenvalue weighted by molar-refractivity contribution is -0.122. The smallest absolute Gasteiger partial charge is 0.270 e. The number of para-hydroxylation sites is 1. The maximum Gasteiger partial charge on any atom is 0.270 e. The summed E-state index contributed by atoms with van der Waals surface area (Å²) in [5.74, 6) is -0.987. The Morgan fingerprint density at radius 1 is 0.935 bits per heavy atom. The number of aromatic nitrogens is 2. The summed E-state index contributed by atoms with van der Waals surface area (Å²) in [5.41, 5.74) is 8.24. The van der Waals surface area contributed by atoms with Gasteiger partial charge in [-0.25, -0.2) is 4.98 Å². The van der Waals surface area contributed by atoms with Crippen molar-refractivity contribution >= 4 is 22.7 Å². The lowest BCUT2D eigenvalue weighted by Gasteiger charge is -2.12. The summed E-state index contributed by atoms with van der Waals surface area (Å²) in [4.78, 5) is 41.5. The number of nitrogens with one attached hydrogen (secondary N) is 2. The molecule has 2 aromatic carbocycles. The SMILES string of the molecule is Cc1ccc(-c2cc(C(=O)NNC(=O)Cn3ccccc3=O)c3ccccc3n2)cc1. The van der Waals surface area contributed by atoms with Gasteiger partial charge < -0.3 is 4.57 Å². The van der Waals surface area contributed by atoms with Crippen LogP contribution < -0.4 is 16.4 Å². The molecule has 31 heavy (non-hydrogen) atoms. The molecule has 154 valence electrons. The molecule has 2 amide bonds. The number of amides is 2. The van der Waals surface area contributed by atoms with Crippen LogP contribution in [0.2, 0.25) is 0 Å². The fraction of sp³-hybridized carbons (Fsp3) is 0.0833. The number of rotatable bonds is 4. The molecule has 4 rings (SSSR count). The zero-order valence-corrected chi connectivity index (χ0v) is 16.8. The molecule has 0 aliphatic heterocycles. The molecule has 4 aromatic rings. The first kappa shape index (κ1) is 20.0. The molecule has 0 unspecified atom stereocenters. The fourth-order valence-electron chi connectivity index (χ4n) is 3.21. The van der Waals surface area contributed by atoms with E-state index >= 15 is 0 Å². The largest absolute Gasteiger partial charge is 0.306 e. The van der Waals surface area contributed by atoms with Crippen LogP contribution >= 0.6 is 0 Å². The maximum atomic E-state index is 12.9. The second-order valence-electron chi connectivity index (χ2n) is 7.11. The average molecular weight is 412 g/mol. The van der Waals surface area contributed by atoms with Crippen molar-refractivity contribution in [2.45, 2.75) is 13.5 Å². The molecule has 0 aliphatic rings. The normalized spacial score (nSPS) is 10.6. The molecule has 2 heterocycles. The van der Waals surface area contributed by atoms with Gasteiger partial charge in [-0.05, 0) is 25.1 Å². The van der Waals surface area contributed by atoms with Crippen molar-refractivity contribution in [2.24, 2.45) is 0 Å². The van der Waals surface area contributed by atoms with E-state index in [0.717, 1.165) is 11.1 Å². The van der Waals surface area contributed by atoms with Crippen LogP contribution in [-0.4, -0.2) is 21.4 Å². The number of hydrazine groups is 1. The predicted molar refractivity (Wildman–Crippen MR) is 118 cm³/mol. The lowest BCUT2D eigenvalue weighted by atomic mass is 10.0. The highest BCUT2D eigenvalue weighted by Crippen LogP contribution is 2.25. The summed E-state index contributed by atoms with van der Waals surface area (Å²) in [6, 6.07) is 21.5. The van der Waals surface area contributed by atoms with Gasteiger partial charge in [0.25, 0.3) is 17.4 Å². The van der Waals surface area contributed by atoms with E-state index in [0.29, 0.717) is 22.2 Å². The van der Waals surface area contributed by atoms with Gasteiger partial charge in [0, 0.05) is 23.2 Å². The topological polar surface area (TPSA) is 93.1 Å².